The number of rotatable bonds is 2. The Bertz CT molecular complexity index is 1140. The van der Waals surface area contributed by atoms with E-state index in [4.69, 9.17) is 4.74 Å². The molecule has 1 aliphatic heterocycles. The predicted molar refractivity (Wildman–Crippen MR) is 105 cm³/mol. The number of Topliss-reactive ketones (excluding diaryl/α,β-unsaturated/α-hetero) is 1. The molecule has 0 saturated heterocycles. The third kappa shape index (κ3) is 2.56. The minimum atomic E-state index is -0.160. The molecule has 130 valence electrons. The van der Waals surface area contributed by atoms with Crippen LogP contribution < -0.4 is 4.74 Å². The largest absolute Gasteiger partial charge is 0.507 e. The van der Waals surface area contributed by atoms with Gasteiger partial charge in [0.05, 0.1) is 5.56 Å². The fraction of sp³-hybridized carbons (Fsp3) is 0.0417. The van der Waals surface area contributed by atoms with Gasteiger partial charge in [0.15, 0.2) is 5.76 Å². The van der Waals surface area contributed by atoms with E-state index in [0.29, 0.717) is 16.9 Å². The second kappa shape index (κ2) is 5.99. The summed E-state index contributed by atoms with van der Waals surface area (Å²) in [5, 5.41) is 10.4. The Balaban J connectivity index is 1.53. The summed E-state index contributed by atoms with van der Waals surface area (Å²) in [6.45, 7) is 0. The van der Waals surface area contributed by atoms with Crippen molar-refractivity contribution in [3.05, 3.63) is 101 Å². The van der Waals surface area contributed by atoms with E-state index in [0.717, 1.165) is 23.1 Å². The summed E-state index contributed by atoms with van der Waals surface area (Å²) in [6, 6.07) is 20.9. The lowest BCUT2D eigenvalue weighted by Gasteiger charge is -2.06. The van der Waals surface area contributed by atoms with Crippen LogP contribution in [0.4, 0.5) is 0 Å². The second-order valence-electron chi connectivity index (χ2n) is 6.69. The number of fused-ring (bicyclic) bond motifs is 2. The van der Waals surface area contributed by atoms with Gasteiger partial charge in [-0.05, 0) is 40.8 Å². The first kappa shape index (κ1) is 15.6. The van der Waals surface area contributed by atoms with Gasteiger partial charge in [-0.25, -0.2) is 0 Å². The highest BCUT2D eigenvalue weighted by atomic mass is 16.5. The van der Waals surface area contributed by atoms with E-state index in [2.05, 4.69) is 18.2 Å². The standard InChI is InChI=1S/C24H16O3/c25-21-14-22-20(13-19(21)15-6-2-1-3-7-15)24(26)23(27-22)12-17-11-10-16-8-4-5-9-18(16)17/h1-9,11-14,25H,10H2/b23-12-. The predicted octanol–water partition coefficient (Wildman–Crippen LogP) is 5.16. The smallest absolute Gasteiger partial charge is 0.231 e. The van der Waals surface area contributed by atoms with E-state index in [1.807, 2.05) is 42.5 Å². The molecule has 3 heteroatoms. The van der Waals surface area contributed by atoms with Crippen LogP contribution in [0.15, 0.2) is 84.6 Å². The van der Waals surface area contributed by atoms with Crippen molar-refractivity contribution in [2.75, 3.05) is 0 Å². The van der Waals surface area contributed by atoms with E-state index < -0.39 is 0 Å². The Morgan fingerprint density at radius 2 is 1.67 bits per heavy atom. The third-order valence-electron chi connectivity index (χ3n) is 5.03. The Morgan fingerprint density at radius 3 is 2.52 bits per heavy atom. The van der Waals surface area contributed by atoms with Gasteiger partial charge in [0.1, 0.15) is 11.5 Å². The maximum absolute atomic E-state index is 12.9. The molecule has 1 N–H and O–H groups in total. The molecule has 3 aromatic carbocycles. The van der Waals surface area contributed by atoms with Gasteiger partial charge >= 0.3 is 0 Å². The van der Waals surface area contributed by atoms with Crippen LogP contribution in [0.1, 0.15) is 21.5 Å². The van der Waals surface area contributed by atoms with Crippen molar-refractivity contribution < 1.29 is 14.6 Å². The Labute approximate surface area is 156 Å². The Hall–Kier alpha value is -3.59. The first-order valence-corrected chi connectivity index (χ1v) is 8.86. The summed E-state index contributed by atoms with van der Waals surface area (Å²) in [4.78, 5) is 12.9. The summed E-state index contributed by atoms with van der Waals surface area (Å²) in [6.07, 6.45) is 4.76. The molecular formula is C24H16O3. The fourth-order valence-corrected chi connectivity index (χ4v) is 3.66. The molecule has 5 rings (SSSR count). The van der Waals surface area contributed by atoms with Crippen molar-refractivity contribution in [3.63, 3.8) is 0 Å². The molecule has 0 bridgehead atoms. The van der Waals surface area contributed by atoms with Crippen molar-refractivity contribution in [1.82, 2.24) is 0 Å². The highest BCUT2D eigenvalue weighted by molar-refractivity contribution is 6.14. The fourth-order valence-electron chi connectivity index (χ4n) is 3.66. The van der Waals surface area contributed by atoms with Gasteiger partial charge in [-0.1, -0.05) is 60.7 Å². The van der Waals surface area contributed by atoms with Crippen molar-refractivity contribution >= 4 is 11.4 Å². The second-order valence-corrected chi connectivity index (χ2v) is 6.69. The zero-order chi connectivity index (χ0) is 18.4. The highest BCUT2D eigenvalue weighted by Gasteiger charge is 2.30. The third-order valence-corrected chi connectivity index (χ3v) is 5.03. The van der Waals surface area contributed by atoms with Crippen molar-refractivity contribution in [2.45, 2.75) is 6.42 Å². The van der Waals surface area contributed by atoms with Crippen molar-refractivity contribution in [3.8, 4) is 22.6 Å². The summed E-state index contributed by atoms with van der Waals surface area (Å²) >= 11 is 0. The van der Waals surface area contributed by atoms with Crippen LogP contribution >= 0.6 is 0 Å². The van der Waals surface area contributed by atoms with E-state index in [9.17, 15) is 9.90 Å². The molecular weight excluding hydrogens is 336 g/mol. The Morgan fingerprint density at radius 1 is 0.889 bits per heavy atom. The minimum Gasteiger partial charge on any atom is -0.507 e. The average molecular weight is 352 g/mol. The molecule has 0 amide bonds. The molecule has 0 fully saturated rings. The molecule has 2 aliphatic rings. The van der Waals surface area contributed by atoms with Crippen LogP contribution in [0.2, 0.25) is 0 Å². The number of ether oxygens (including phenoxy) is 1. The molecule has 0 radical (unpaired) electrons. The van der Waals surface area contributed by atoms with Crippen LogP contribution in [0.3, 0.4) is 0 Å². The van der Waals surface area contributed by atoms with E-state index >= 15 is 0 Å². The molecule has 0 atom stereocenters. The summed E-state index contributed by atoms with van der Waals surface area (Å²) in [7, 11) is 0. The Kier molecular flexibility index (Phi) is 3.47. The lowest BCUT2D eigenvalue weighted by atomic mass is 9.99. The number of carbonyl (C=O) groups excluding carboxylic acids is 1. The van der Waals surface area contributed by atoms with Gasteiger partial charge in [0.25, 0.3) is 0 Å². The number of aromatic hydroxyl groups is 1. The van der Waals surface area contributed by atoms with E-state index in [-0.39, 0.29) is 17.3 Å². The number of carbonyl (C=O) groups is 1. The maximum atomic E-state index is 12.9. The normalized spacial score (nSPS) is 16.1. The van der Waals surface area contributed by atoms with Gasteiger partial charge < -0.3 is 9.84 Å². The van der Waals surface area contributed by atoms with Crippen LogP contribution in [0.5, 0.6) is 11.5 Å². The van der Waals surface area contributed by atoms with Crippen LogP contribution in [0, 0.1) is 0 Å². The van der Waals surface area contributed by atoms with Gasteiger partial charge in [-0.3, -0.25) is 4.79 Å². The number of phenols is 1. The van der Waals surface area contributed by atoms with Crippen LogP contribution in [-0.2, 0) is 6.42 Å². The summed E-state index contributed by atoms with van der Waals surface area (Å²) < 4.78 is 5.78. The topological polar surface area (TPSA) is 46.5 Å². The molecule has 1 heterocycles. The number of benzene rings is 3. The molecule has 0 unspecified atom stereocenters. The zero-order valence-electron chi connectivity index (χ0n) is 14.5. The zero-order valence-corrected chi connectivity index (χ0v) is 14.5. The van der Waals surface area contributed by atoms with Gasteiger partial charge in [0, 0.05) is 11.6 Å². The number of ketones is 1. The quantitative estimate of drug-likeness (QED) is 0.648. The van der Waals surface area contributed by atoms with Crippen LogP contribution in [-0.4, -0.2) is 10.9 Å². The lowest BCUT2D eigenvalue weighted by Crippen LogP contribution is -1.99. The van der Waals surface area contributed by atoms with Gasteiger partial charge in [-0.2, -0.15) is 0 Å². The van der Waals surface area contributed by atoms with Crippen molar-refractivity contribution in [1.29, 1.82) is 0 Å². The molecule has 0 aromatic heterocycles. The number of hydrogen-bond acceptors (Lipinski definition) is 3. The number of phenolic OH excluding ortho intramolecular Hbond substituents is 1. The van der Waals surface area contributed by atoms with E-state index in [1.54, 1.807) is 12.1 Å². The average Bonchev–Trinajstić information content (AvgIpc) is 3.23. The van der Waals surface area contributed by atoms with Crippen LogP contribution in [0.25, 0.3) is 16.7 Å². The number of allylic oxidation sites excluding steroid dienone is 4. The minimum absolute atomic E-state index is 0.0967. The summed E-state index contributed by atoms with van der Waals surface area (Å²) in [5.74, 6) is 0.625. The first-order valence-electron chi connectivity index (χ1n) is 8.86. The maximum Gasteiger partial charge on any atom is 0.231 e. The molecule has 3 nitrogen and oxygen atoms in total. The highest BCUT2D eigenvalue weighted by Crippen LogP contribution is 2.41. The monoisotopic (exact) mass is 352 g/mol. The molecule has 1 aliphatic carbocycles. The molecule has 0 saturated carbocycles. The van der Waals surface area contributed by atoms with Crippen molar-refractivity contribution in [2.24, 2.45) is 0 Å². The van der Waals surface area contributed by atoms with Gasteiger partial charge in [0.2, 0.25) is 5.78 Å². The van der Waals surface area contributed by atoms with Gasteiger partial charge in [-0.15, -0.1) is 0 Å². The SMILES string of the molecule is O=C1/C(=C/C2=CCc3ccccc32)Oc2cc(O)c(-c3ccccc3)cc21. The summed E-state index contributed by atoms with van der Waals surface area (Å²) in [5.41, 5.74) is 5.33. The molecule has 27 heavy (non-hydrogen) atoms. The lowest BCUT2D eigenvalue weighted by molar-refractivity contribution is 0.101. The van der Waals surface area contributed by atoms with E-state index in [1.165, 1.54) is 11.6 Å². The number of hydrogen-bond donors (Lipinski definition) is 1. The molecule has 3 aromatic rings. The molecule has 0 spiro atoms. The first-order chi connectivity index (χ1) is 13.2.